The third-order valence-electron chi connectivity index (χ3n) is 7.54. The van der Waals surface area contributed by atoms with E-state index in [0.717, 1.165) is 17.0 Å². The van der Waals surface area contributed by atoms with E-state index in [0.29, 0.717) is 5.56 Å². The molecule has 3 heterocycles. The minimum atomic E-state index is -1.04. The first kappa shape index (κ1) is 27.3. The number of pyridine rings is 1. The Bertz CT molecular complexity index is 1400. The molecule has 1 saturated carbocycles. The van der Waals surface area contributed by atoms with Crippen molar-refractivity contribution >= 4 is 23.8 Å². The first-order chi connectivity index (χ1) is 18.9. The molecule has 1 aliphatic carbocycles. The number of cyclic esters (lactones) is 1. The molecule has 4 atom stereocenters. The molecule has 0 radical (unpaired) electrons. The Balaban J connectivity index is 1.41. The SMILES string of the molecule is CC(=O)NC[C@H]1CN(c2cc(F)c(-c3cnccc3C3(C#N)[C@@H]4CN(C(=O)OC(C)(C)C)C[C@@H]43)c(F)c2)C(=O)O1. The van der Waals surface area contributed by atoms with E-state index in [1.807, 2.05) is 0 Å². The third-order valence-corrected chi connectivity index (χ3v) is 7.54. The number of hydrogen-bond acceptors (Lipinski definition) is 7. The second-order valence-electron chi connectivity index (χ2n) is 11.3. The van der Waals surface area contributed by atoms with Gasteiger partial charge < -0.3 is 19.7 Å². The lowest BCUT2D eigenvalue weighted by molar-refractivity contribution is -0.119. The number of amides is 3. The van der Waals surface area contributed by atoms with Crippen LogP contribution in [-0.2, 0) is 19.7 Å². The molecule has 1 aromatic carbocycles. The van der Waals surface area contributed by atoms with Crippen molar-refractivity contribution < 1.29 is 32.6 Å². The summed E-state index contributed by atoms with van der Waals surface area (Å²) in [4.78, 5) is 42.8. The topological polar surface area (TPSA) is 125 Å². The van der Waals surface area contributed by atoms with Crippen molar-refractivity contribution in [1.82, 2.24) is 15.2 Å². The Kier molecular flexibility index (Phi) is 6.64. The van der Waals surface area contributed by atoms with E-state index in [1.54, 1.807) is 31.7 Å². The molecule has 5 rings (SSSR count). The van der Waals surface area contributed by atoms with Crippen LogP contribution in [0.2, 0.25) is 0 Å². The quantitative estimate of drug-likeness (QED) is 0.598. The Morgan fingerprint density at radius 1 is 1.23 bits per heavy atom. The summed E-state index contributed by atoms with van der Waals surface area (Å²) in [6.45, 7) is 7.30. The Hall–Kier alpha value is -4.27. The number of nitrogens with one attached hydrogen (secondary N) is 1. The lowest BCUT2D eigenvalue weighted by Gasteiger charge is -2.27. The monoisotopic (exact) mass is 553 g/mol. The number of likely N-dealkylation sites (tertiary alicyclic amines) is 1. The molecule has 3 fully saturated rings. The zero-order valence-corrected chi connectivity index (χ0v) is 22.5. The predicted molar refractivity (Wildman–Crippen MR) is 138 cm³/mol. The van der Waals surface area contributed by atoms with Crippen LogP contribution in [0.1, 0.15) is 33.3 Å². The molecule has 1 aromatic heterocycles. The summed E-state index contributed by atoms with van der Waals surface area (Å²) in [7, 11) is 0. The molecule has 210 valence electrons. The molecule has 12 heteroatoms. The minimum Gasteiger partial charge on any atom is -0.444 e. The molecule has 1 unspecified atom stereocenters. The number of hydrogen-bond donors (Lipinski definition) is 1. The highest BCUT2D eigenvalue weighted by Crippen LogP contribution is 2.64. The summed E-state index contributed by atoms with van der Waals surface area (Å²) in [6, 6.07) is 6.02. The fourth-order valence-corrected chi connectivity index (χ4v) is 5.75. The van der Waals surface area contributed by atoms with Crippen LogP contribution in [0.4, 0.5) is 24.1 Å². The summed E-state index contributed by atoms with van der Waals surface area (Å²) in [5.74, 6) is -2.61. The van der Waals surface area contributed by atoms with Gasteiger partial charge in [0.05, 0.1) is 35.8 Å². The number of nitriles is 1. The molecule has 3 amide bonds. The molecular formula is C28H29F2N5O5. The number of aromatic nitrogens is 1. The van der Waals surface area contributed by atoms with Gasteiger partial charge in [0.1, 0.15) is 23.3 Å². The second kappa shape index (κ2) is 9.73. The largest absolute Gasteiger partial charge is 0.444 e. The van der Waals surface area contributed by atoms with Crippen LogP contribution in [0.5, 0.6) is 0 Å². The van der Waals surface area contributed by atoms with Crippen LogP contribution in [0.3, 0.4) is 0 Å². The van der Waals surface area contributed by atoms with Crippen molar-refractivity contribution in [3.63, 3.8) is 0 Å². The maximum Gasteiger partial charge on any atom is 0.414 e. The molecule has 0 spiro atoms. The molecule has 10 nitrogen and oxygen atoms in total. The molecule has 2 aliphatic heterocycles. The van der Waals surface area contributed by atoms with Crippen LogP contribution in [0.15, 0.2) is 30.6 Å². The molecule has 3 aliphatic rings. The van der Waals surface area contributed by atoms with Crippen LogP contribution in [0.25, 0.3) is 11.1 Å². The van der Waals surface area contributed by atoms with E-state index in [9.17, 15) is 19.6 Å². The van der Waals surface area contributed by atoms with Crippen LogP contribution >= 0.6 is 0 Å². The summed E-state index contributed by atoms with van der Waals surface area (Å²) in [6.07, 6.45) is 0.874. The first-order valence-corrected chi connectivity index (χ1v) is 12.9. The molecule has 1 N–H and O–H groups in total. The van der Waals surface area contributed by atoms with Crippen LogP contribution in [0, 0.1) is 34.8 Å². The number of halogens is 2. The number of fused-ring (bicyclic) bond motifs is 1. The Morgan fingerprint density at radius 2 is 1.88 bits per heavy atom. The van der Waals surface area contributed by atoms with E-state index in [-0.39, 0.29) is 60.7 Å². The number of carbonyl (C=O) groups is 3. The van der Waals surface area contributed by atoms with Crippen molar-refractivity contribution in [3.8, 4) is 17.2 Å². The fraction of sp³-hybridized carbons (Fsp3) is 0.464. The van der Waals surface area contributed by atoms with Gasteiger partial charge in [0.15, 0.2) is 0 Å². The first-order valence-electron chi connectivity index (χ1n) is 12.9. The van der Waals surface area contributed by atoms with Crippen molar-refractivity contribution in [2.75, 3.05) is 31.1 Å². The molecule has 0 bridgehead atoms. The molecular weight excluding hydrogens is 524 g/mol. The standard InChI is InChI=1S/C28H29F2N5O5/c1-15(36)33-9-17-11-35(26(38)39-17)16-7-22(29)24(23(30)8-16)18-10-32-6-5-19(18)28(14-31)20-12-34(13-21(20)28)25(37)40-27(2,3)4/h5-8,10,17,20-21H,9,11-13H2,1-4H3,(H,33,36)/t17-,20-,21+,28?/m0/s1. The third kappa shape index (κ3) is 4.69. The predicted octanol–water partition coefficient (Wildman–Crippen LogP) is 3.75. The molecule has 2 aromatic rings. The molecule has 40 heavy (non-hydrogen) atoms. The van der Waals surface area contributed by atoms with Crippen molar-refractivity contribution in [2.24, 2.45) is 11.8 Å². The van der Waals surface area contributed by atoms with Crippen LogP contribution in [-0.4, -0.2) is 65.9 Å². The zero-order chi connectivity index (χ0) is 29.0. The van der Waals surface area contributed by atoms with E-state index < -0.39 is 40.9 Å². The smallest absolute Gasteiger partial charge is 0.414 e. The highest BCUT2D eigenvalue weighted by Gasteiger charge is 2.71. The number of ether oxygens (including phenoxy) is 2. The highest BCUT2D eigenvalue weighted by atomic mass is 19.1. The van der Waals surface area contributed by atoms with E-state index in [1.165, 1.54) is 19.3 Å². The zero-order valence-electron chi connectivity index (χ0n) is 22.5. The lowest BCUT2D eigenvalue weighted by atomic mass is 9.86. The van der Waals surface area contributed by atoms with Crippen LogP contribution < -0.4 is 10.2 Å². The van der Waals surface area contributed by atoms with Gasteiger partial charge in [0.25, 0.3) is 0 Å². The number of carbonyl (C=O) groups excluding carboxylic acids is 3. The van der Waals surface area contributed by atoms with Gasteiger partial charge in [-0.3, -0.25) is 14.7 Å². The van der Waals surface area contributed by atoms with Crippen molar-refractivity contribution in [1.29, 1.82) is 5.26 Å². The van der Waals surface area contributed by atoms with Gasteiger partial charge in [0, 0.05) is 49.8 Å². The summed E-state index contributed by atoms with van der Waals surface area (Å²) < 4.78 is 41.8. The van der Waals surface area contributed by atoms with E-state index in [4.69, 9.17) is 9.47 Å². The maximum absolute atomic E-state index is 15.6. The van der Waals surface area contributed by atoms with Gasteiger partial charge in [-0.05, 0) is 44.5 Å². The number of nitrogens with zero attached hydrogens (tertiary/aromatic N) is 4. The van der Waals surface area contributed by atoms with Crippen molar-refractivity contribution in [3.05, 3.63) is 47.8 Å². The normalized spacial score (nSPS) is 25.2. The van der Waals surface area contributed by atoms with Gasteiger partial charge in [-0.1, -0.05) is 0 Å². The van der Waals surface area contributed by atoms with Crippen molar-refractivity contribution in [2.45, 2.75) is 44.8 Å². The summed E-state index contributed by atoms with van der Waals surface area (Å²) >= 11 is 0. The van der Waals surface area contributed by atoms with E-state index >= 15 is 8.78 Å². The number of anilines is 1. The van der Waals surface area contributed by atoms with Gasteiger partial charge in [-0.2, -0.15) is 5.26 Å². The fourth-order valence-electron chi connectivity index (χ4n) is 5.75. The minimum absolute atomic E-state index is 0.00450. The average Bonchev–Trinajstić information content (AvgIpc) is 3.15. The maximum atomic E-state index is 15.6. The highest BCUT2D eigenvalue weighted by molar-refractivity contribution is 5.90. The average molecular weight is 554 g/mol. The Labute approximate surface area is 229 Å². The summed E-state index contributed by atoms with van der Waals surface area (Å²) in [5, 5.41) is 12.8. The van der Waals surface area contributed by atoms with E-state index in [2.05, 4.69) is 16.4 Å². The number of rotatable bonds is 5. The second-order valence-corrected chi connectivity index (χ2v) is 11.3. The lowest BCUT2D eigenvalue weighted by Crippen LogP contribution is -2.39. The molecule has 2 saturated heterocycles. The Morgan fingerprint density at radius 3 is 2.45 bits per heavy atom. The van der Waals surface area contributed by atoms with Gasteiger partial charge in [-0.15, -0.1) is 0 Å². The van der Waals surface area contributed by atoms with Gasteiger partial charge in [-0.25, -0.2) is 18.4 Å². The van der Waals surface area contributed by atoms with Gasteiger partial charge >= 0.3 is 12.2 Å². The number of piperidine rings is 1. The number of benzene rings is 1. The van der Waals surface area contributed by atoms with Gasteiger partial charge in [0.2, 0.25) is 5.91 Å². The summed E-state index contributed by atoms with van der Waals surface area (Å²) in [5.41, 5.74) is -1.52.